The molecule has 2 saturated heterocycles. The standard InChI is InChI=1S/C16H22BrClN2/c1-2-13-10-19-8-4-3-5-14(19)11-20(13)16-9-12(17)6-7-15(16)18/h6-7,9,13-14H,2-5,8,10-11H2,1H3. The molecule has 0 amide bonds. The highest BCUT2D eigenvalue weighted by Crippen LogP contribution is 2.35. The van der Waals surface area contributed by atoms with Gasteiger partial charge < -0.3 is 4.90 Å². The van der Waals surface area contributed by atoms with Crippen molar-refractivity contribution in [3.63, 3.8) is 0 Å². The molecule has 110 valence electrons. The third-order valence-corrected chi connectivity index (χ3v) is 5.54. The van der Waals surface area contributed by atoms with Crippen LogP contribution in [0.2, 0.25) is 5.02 Å². The SMILES string of the molecule is CCC1CN2CCCCC2CN1c1cc(Br)ccc1Cl. The lowest BCUT2D eigenvalue weighted by molar-refractivity contribution is 0.111. The van der Waals surface area contributed by atoms with E-state index in [-0.39, 0.29) is 0 Å². The minimum atomic E-state index is 0.580. The number of nitrogens with zero attached hydrogens (tertiary/aromatic N) is 2. The van der Waals surface area contributed by atoms with Crippen molar-refractivity contribution < 1.29 is 0 Å². The van der Waals surface area contributed by atoms with Gasteiger partial charge in [0.1, 0.15) is 0 Å². The molecule has 0 bridgehead atoms. The molecule has 2 unspecified atom stereocenters. The molecule has 1 aromatic rings. The fraction of sp³-hybridized carbons (Fsp3) is 0.625. The normalized spacial score (nSPS) is 27.4. The van der Waals surface area contributed by atoms with Crippen LogP contribution in [0.3, 0.4) is 0 Å². The summed E-state index contributed by atoms with van der Waals surface area (Å²) in [5.41, 5.74) is 1.19. The van der Waals surface area contributed by atoms with Crippen molar-refractivity contribution >= 4 is 33.2 Å². The van der Waals surface area contributed by atoms with Crippen LogP contribution in [0.5, 0.6) is 0 Å². The first kappa shape index (κ1) is 14.7. The zero-order valence-corrected chi connectivity index (χ0v) is 14.3. The number of anilines is 1. The van der Waals surface area contributed by atoms with E-state index in [1.807, 2.05) is 12.1 Å². The number of halogens is 2. The lowest BCUT2D eigenvalue weighted by Gasteiger charge is -2.49. The molecule has 0 spiro atoms. The summed E-state index contributed by atoms with van der Waals surface area (Å²) in [4.78, 5) is 5.24. The Morgan fingerprint density at radius 3 is 2.95 bits per heavy atom. The first-order valence-electron chi connectivity index (χ1n) is 7.64. The highest BCUT2D eigenvalue weighted by atomic mass is 79.9. The van der Waals surface area contributed by atoms with Crippen LogP contribution in [0.25, 0.3) is 0 Å². The summed E-state index contributed by atoms with van der Waals surface area (Å²) in [6, 6.07) is 7.48. The summed E-state index contributed by atoms with van der Waals surface area (Å²) in [5.74, 6) is 0. The predicted molar refractivity (Wildman–Crippen MR) is 89.8 cm³/mol. The third-order valence-electron chi connectivity index (χ3n) is 4.73. The van der Waals surface area contributed by atoms with Crippen molar-refractivity contribution in [3.8, 4) is 0 Å². The monoisotopic (exact) mass is 356 g/mol. The molecular weight excluding hydrogens is 336 g/mol. The lowest BCUT2D eigenvalue weighted by Crippen LogP contribution is -2.59. The number of rotatable bonds is 2. The second kappa shape index (κ2) is 6.25. The molecule has 1 aromatic carbocycles. The fourth-order valence-corrected chi connectivity index (χ4v) is 4.18. The number of fused-ring (bicyclic) bond motifs is 1. The van der Waals surface area contributed by atoms with Crippen LogP contribution in [0, 0.1) is 0 Å². The van der Waals surface area contributed by atoms with Crippen molar-refractivity contribution in [3.05, 3.63) is 27.7 Å². The summed E-state index contributed by atoms with van der Waals surface area (Å²) < 4.78 is 1.11. The van der Waals surface area contributed by atoms with Crippen molar-refractivity contribution in [2.45, 2.75) is 44.7 Å². The number of benzene rings is 1. The van der Waals surface area contributed by atoms with Gasteiger partial charge in [-0.15, -0.1) is 0 Å². The topological polar surface area (TPSA) is 6.48 Å². The summed E-state index contributed by atoms with van der Waals surface area (Å²) >= 11 is 10.0. The van der Waals surface area contributed by atoms with Crippen LogP contribution in [-0.4, -0.2) is 36.6 Å². The molecule has 2 fully saturated rings. The lowest BCUT2D eigenvalue weighted by atomic mass is 9.95. The molecule has 2 nitrogen and oxygen atoms in total. The van der Waals surface area contributed by atoms with Gasteiger partial charge in [-0.2, -0.15) is 0 Å². The quantitative estimate of drug-likeness (QED) is 0.766. The number of hydrogen-bond donors (Lipinski definition) is 0. The second-order valence-corrected chi connectivity index (χ2v) is 7.28. The van der Waals surface area contributed by atoms with Gasteiger partial charge in [-0.05, 0) is 44.0 Å². The van der Waals surface area contributed by atoms with E-state index in [0.29, 0.717) is 12.1 Å². The Kier molecular flexibility index (Phi) is 4.58. The van der Waals surface area contributed by atoms with Crippen molar-refractivity contribution in [2.75, 3.05) is 24.5 Å². The summed E-state index contributed by atoms with van der Waals surface area (Å²) in [6.07, 6.45) is 5.24. The molecule has 2 heterocycles. The highest BCUT2D eigenvalue weighted by molar-refractivity contribution is 9.10. The Balaban J connectivity index is 1.88. The van der Waals surface area contributed by atoms with Gasteiger partial charge in [0, 0.05) is 29.6 Å². The molecule has 4 heteroatoms. The summed E-state index contributed by atoms with van der Waals surface area (Å²) in [7, 11) is 0. The molecule has 2 aliphatic rings. The first-order valence-corrected chi connectivity index (χ1v) is 8.82. The smallest absolute Gasteiger partial charge is 0.0640 e. The Bertz CT molecular complexity index is 480. The van der Waals surface area contributed by atoms with E-state index in [4.69, 9.17) is 11.6 Å². The van der Waals surface area contributed by atoms with Crippen LogP contribution in [0.15, 0.2) is 22.7 Å². The zero-order valence-electron chi connectivity index (χ0n) is 12.0. The zero-order chi connectivity index (χ0) is 14.1. The molecule has 2 atom stereocenters. The molecule has 2 aliphatic heterocycles. The summed E-state index contributed by atoms with van der Waals surface area (Å²) in [5, 5.41) is 0.871. The summed E-state index contributed by atoms with van der Waals surface area (Å²) in [6.45, 7) is 5.87. The molecule has 0 N–H and O–H groups in total. The Morgan fingerprint density at radius 1 is 1.30 bits per heavy atom. The van der Waals surface area contributed by atoms with E-state index in [0.717, 1.165) is 16.0 Å². The number of piperazine rings is 1. The number of hydrogen-bond acceptors (Lipinski definition) is 2. The van der Waals surface area contributed by atoms with Crippen molar-refractivity contribution in [1.29, 1.82) is 0 Å². The van der Waals surface area contributed by atoms with Gasteiger partial charge in [0.25, 0.3) is 0 Å². The largest absolute Gasteiger partial charge is 0.364 e. The maximum Gasteiger partial charge on any atom is 0.0640 e. The van der Waals surface area contributed by atoms with Gasteiger partial charge in [-0.25, -0.2) is 0 Å². The van der Waals surface area contributed by atoms with Crippen molar-refractivity contribution in [1.82, 2.24) is 4.90 Å². The van der Waals surface area contributed by atoms with E-state index >= 15 is 0 Å². The van der Waals surface area contributed by atoms with Gasteiger partial charge in [0.15, 0.2) is 0 Å². The van der Waals surface area contributed by atoms with E-state index in [1.54, 1.807) is 0 Å². The second-order valence-electron chi connectivity index (χ2n) is 5.95. The highest BCUT2D eigenvalue weighted by Gasteiger charge is 2.34. The molecule has 0 saturated carbocycles. The van der Waals surface area contributed by atoms with Crippen LogP contribution in [0.4, 0.5) is 5.69 Å². The van der Waals surface area contributed by atoms with Crippen LogP contribution < -0.4 is 4.90 Å². The van der Waals surface area contributed by atoms with Gasteiger partial charge in [-0.3, -0.25) is 4.90 Å². The average molecular weight is 358 g/mol. The van der Waals surface area contributed by atoms with E-state index in [1.165, 1.54) is 44.5 Å². The molecule has 0 aliphatic carbocycles. The molecule has 3 rings (SSSR count). The molecule has 0 radical (unpaired) electrons. The number of piperidine rings is 1. The van der Waals surface area contributed by atoms with E-state index < -0.39 is 0 Å². The van der Waals surface area contributed by atoms with Gasteiger partial charge >= 0.3 is 0 Å². The predicted octanol–water partition coefficient (Wildman–Crippen LogP) is 4.56. The Morgan fingerprint density at radius 2 is 2.15 bits per heavy atom. The van der Waals surface area contributed by atoms with E-state index in [2.05, 4.69) is 38.7 Å². The third kappa shape index (κ3) is 2.86. The maximum atomic E-state index is 6.45. The van der Waals surface area contributed by atoms with Crippen LogP contribution in [0.1, 0.15) is 32.6 Å². The molecule has 20 heavy (non-hydrogen) atoms. The maximum absolute atomic E-state index is 6.45. The van der Waals surface area contributed by atoms with Gasteiger partial charge in [0.05, 0.1) is 10.7 Å². The minimum Gasteiger partial charge on any atom is -0.364 e. The fourth-order valence-electron chi connectivity index (χ4n) is 3.60. The van der Waals surface area contributed by atoms with Gasteiger partial charge in [0.2, 0.25) is 0 Å². The average Bonchev–Trinajstić information content (AvgIpc) is 2.48. The molecule has 0 aromatic heterocycles. The van der Waals surface area contributed by atoms with Crippen LogP contribution >= 0.6 is 27.5 Å². The first-order chi connectivity index (χ1) is 9.69. The Hall–Kier alpha value is -0.250. The van der Waals surface area contributed by atoms with Crippen LogP contribution in [-0.2, 0) is 0 Å². The molecular formula is C16H22BrClN2. The van der Waals surface area contributed by atoms with Gasteiger partial charge in [-0.1, -0.05) is 40.9 Å². The Labute approximate surface area is 135 Å². The minimum absolute atomic E-state index is 0.580. The van der Waals surface area contributed by atoms with Crippen molar-refractivity contribution in [2.24, 2.45) is 0 Å². The van der Waals surface area contributed by atoms with E-state index in [9.17, 15) is 0 Å².